The first-order valence-corrected chi connectivity index (χ1v) is 8.73. The monoisotopic (exact) mass is 328 g/mol. The summed E-state index contributed by atoms with van der Waals surface area (Å²) in [7, 11) is 1.94. The van der Waals surface area contributed by atoms with Gasteiger partial charge in [0.1, 0.15) is 5.76 Å². The lowest BCUT2D eigenvalue weighted by Gasteiger charge is -2.21. The van der Waals surface area contributed by atoms with Crippen LogP contribution >= 0.6 is 0 Å². The second-order valence-corrected chi connectivity index (χ2v) is 6.94. The van der Waals surface area contributed by atoms with Gasteiger partial charge in [0.2, 0.25) is 5.91 Å². The van der Waals surface area contributed by atoms with E-state index in [4.69, 9.17) is 4.42 Å². The Kier molecular flexibility index (Phi) is 4.14. The van der Waals surface area contributed by atoms with Crippen LogP contribution in [0, 0.1) is 5.92 Å². The molecule has 0 aromatic carbocycles. The summed E-state index contributed by atoms with van der Waals surface area (Å²) in [6.07, 6.45) is 7.64. The van der Waals surface area contributed by atoms with E-state index in [9.17, 15) is 4.79 Å². The molecule has 1 amide bonds. The molecule has 1 aliphatic carbocycles. The molecule has 2 aromatic heterocycles. The number of amides is 1. The third kappa shape index (κ3) is 3.24. The summed E-state index contributed by atoms with van der Waals surface area (Å²) < 4.78 is 7.29. The molecule has 1 saturated heterocycles. The van der Waals surface area contributed by atoms with Crippen LogP contribution in [0.5, 0.6) is 0 Å². The molecular weight excluding hydrogens is 304 g/mol. The van der Waals surface area contributed by atoms with Gasteiger partial charge in [-0.25, -0.2) is 0 Å². The highest BCUT2D eigenvalue weighted by atomic mass is 16.3. The molecular formula is C18H24N4O2. The lowest BCUT2D eigenvalue weighted by atomic mass is 10.2. The molecule has 6 nitrogen and oxygen atoms in total. The normalized spacial score (nSPS) is 24.8. The van der Waals surface area contributed by atoms with Crippen LogP contribution in [0.1, 0.15) is 30.1 Å². The summed E-state index contributed by atoms with van der Waals surface area (Å²) in [5.74, 6) is 1.68. The lowest BCUT2D eigenvalue weighted by Crippen LogP contribution is -2.36. The topological polar surface area (TPSA) is 54.5 Å². The fourth-order valence-corrected chi connectivity index (χ4v) is 3.68. The Labute approximate surface area is 142 Å². The molecule has 2 atom stereocenters. The standard InChI is InChI=1S/C18H24N4O2/c1-20-12-14(11-19-20)13-21-5-3-6-22(8-7-21)18(23)16-10-15(16)17-4-2-9-24-17/h2,4,9,11-12,15-16H,3,5-8,10,13H2,1H3/t15-,16+/m1/s1. The zero-order valence-electron chi connectivity index (χ0n) is 14.1. The van der Waals surface area contributed by atoms with Crippen molar-refractivity contribution in [1.29, 1.82) is 0 Å². The first-order valence-electron chi connectivity index (χ1n) is 8.73. The Morgan fingerprint density at radius 3 is 3.00 bits per heavy atom. The van der Waals surface area contributed by atoms with Crippen LogP contribution in [0.15, 0.2) is 35.2 Å². The van der Waals surface area contributed by atoms with Gasteiger partial charge in [-0.05, 0) is 25.0 Å². The number of aromatic nitrogens is 2. The maximum atomic E-state index is 12.7. The molecule has 1 aliphatic heterocycles. The van der Waals surface area contributed by atoms with Crippen molar-refractivity contribution in [2.24, 2.45) is 13.0 Å². The summed E-state index contributed by atoms with van der Waals surface area (Å²) >= 11 is 0. The van der Waals surface area contributed by atoms with E-state index in [0.29, 0.717) is 11.8 Å². The van der Waals surface area contributed by atoms with Gasteiger partial charge in [0.05, 0.1) is 12.5 Å². The Balaban J connectivity index is 1.31. The van der Waals surface area contributed by atoms with Crippen LogP contribution in [-0.4, -0.2) is 51.7 Å². The zero-order valence-corrected chi connectivity index (χ0v) is 14.1. The molecule has 24 heavy (non-hydrogen) atoms. The van der Waals surface area contributed by atoms with Crippen molar-refractivity contribution in [3.05, 3.63) is 42.1 Å². The van der Waals surface area contributed by atoms with Gasteiger partial charge >= 0.3 is 0 Å². The molecule has 0 N–H and O–H groups in total. The van der Waals surface area contributed by atoms with Crippen LogP contribution in [0.4, 0.5) is 0 Å². The average Bonchev–Trinajstić information content (AvgIpc) is 3.08. The van der Waals surface area contributed by atoms with E-state index in [1.165, 1.54) is 5.56 Å². The Bertz CT molecular complexity index is 694. The van der Waals surface area contributed by atoms with Crippen molar-refractivity contribution in [1.82, 2.24) is 19.6 Å². The summed E-state index contributed by atoms with van der Waals surface area (Å²) in [5.41, 5.74) is 1.23. The molecule has 0 spiro atoms. The number of carbonyl (C=O) groups excluding carboxylic acids is 1. The number of hydrogen-bond acceptors (Lipinski definition) is 4. The van der Waals surface area contributed by atoms with Gasteiger partial charge in [0.15, 0.2) is 0 Å². The molecule has 4 rings (SSSR count). The van der Waals surface area contributed by atoms with Gasteiger partial charge in [0, 0.05) is 63.4 Å². The van der Waals surface area contributed by atoms with E-state index in [1.54, 1.807) is 6.26 Å². The average molecular weight is 328 g/mol. The van der Waals surface area contributed by atoms with E-state index in [1.807, 2.05) is 30.1 Å². The lowest BCUT2D eigenvalue weighted by molar-refractivity contribution is -0.132. The summed E-state index contributed by atoms with van der Waals surface area (Å²) in [6.45, 7) is 4.56. The van der Waals surface area contributed by atoms with Crippen LogP contribution in [-0.2, 0) is 18.4 Å². The van der Waals surface area contributed by atoms with Crippen molar-refractivity contribution < 1.29 is 9.21 Å². The maximum Gasteiger partial charge on any atom is 0.226 e. The van der Waals surface area contributed by atoms with Crippen LogP contribution in [0.2, 0.25) is 0 Å². The molecule has 0 unspecified atom stereocenters. The van der Waals surface area contributed by atoms with E-state index < -0.39 is 0 Å². The minimum atomic E-state index is 0.126. The Morgan fingerprint density at radius 1 is 1.33 bits per heavy atom. The zero-order chi connectivity index (χ0) is 16.5. The van der Waals surface area contributed by atoms with Gasteiger partial charge in [-0.3, -0.25) is 14.4 Å². The van der Waals surface area contributed by atoms with E-state index in [2.05, 4.69) is 21.1 Å². The molecule has 3 heterocycles. The Morgan fingerprint density at radius 2 is 2.25 bits per heavy atom. The molecule has 128 valence electrons. The highest BCUT2D eigenvalue weighted by Gasteiger charge is 2.47. The molecule has 2 aliphatic rings. The maximum absolute atomic E-state index is 12.7. The molecule has 2 aromatic rings. The molecule has 6 heteroatoms. The Hall–Kier alpha value is -2.08. The van der Waals surface area contributed by atoms with Crippen molar-refractivity contribution in [2.45, 2.75) is 25.3 Å². The van der Waals surface area contributed by atoms with Gasteiger partial charge in [-0.1, -0.05) is 0 Å². The highest BCUT2D eigenvalue weighted by molar-refractivity contribution is 5.82. The SMILES string of the molecule is Cn1cc(CN2CCCN(C(=O)[C@H]3C[C@H]3c3ccco3)CC2)cn1. The predicted octanol–water partition coefficient (Wildman–Crippen LogP) is 1.85. The fraction of sp³-hybridized carbons (Fsp3) is 0.556. The molecule has 2 fully saturated rings. The van der Waals surface area contributed by atoms with Crippen molar-refractivity contribution in [3.8, 4) is 0 Å². The first-order chi connectivity index (χ1) is 11.7. The molecule has 0 bridgehead atoms. The molecule has 0 radical (unpaired) electrons. The van der Waals surface area contributed by atoms with Gasteiger partial charge in [-0.15, -0.1) is 0 Å². The second kappa shape index (κ2) is 6.43. The number of carbonyl (C=O) groups is 1. The van der Waals surface area contributed by atoms with Gasteiger partial charge in [0.25, 0.3) is 0 Å². The largest absolute Gasteiger partial charge is 0.469 e. The van der Waals surface area contributed by atoms with E-state index >= 15 is 0 Å². The number of aryl methyl sites for hydroxylation is 1. The summed E-state index contributed by atoms with van der Waals surface area (Å²) in [4.78, 5) is 17.2. The number of nitrogens with zero attached hydrogens (tertiary/aromatic N) is 4. The second-order valence-electron chi connectivity index (χ2n) is 6.94. The predicted molar refractivity (Wildman–Crippen MR) is 89.2 cm³/mol. The third-order valence-corrected chi connectivity index (χ3v) is 5.08. The summed E-state index contributed by atoms with van der Waals surface area (Å²) in [6, 6.07) is 3.88. The highest BCUT2D eigenvalue weighted by Crippen LogP contribution is 2.48. The minimum absolute atomic E-state index is 0.126. The van der Waals surface area contributed by atoms with Crippen molar-refractivity contribution in [2.75, 3.05) is 26.2 Å². The van der Waals surface area contributed by atoms with E-state index in [-0.39, 0.29) is 5.92 Å². The first kappa shape index (κ1) is 15.4. The van der Waals surface area contributed by atoms with Crippen LogP contribution < -0.4 is 0 Å². The summed E-state index contributed by atoms with van der Waals surface area (Å²) in [5, 5.41) is 4.23. The van der Waals surface area contributed by atoms with Crippen molar-refractivity contribution in [3.63, 3.8) is 0 Å². The number of hydrogen-bond donors (Lipinski definition) is 0. The third-order valence-electron chi connectivity index (χ3n) is 5.08. The minimum Gasteiger partial charge on any atom is -0.469 e. The van der Waals surface area contributed by atoms with Gasteiger partial charge < -0.3 is 9.32 Å². The van der Waals surface area contributed by atoms with E-state index in [0.717, 1.165) is 51.3 Å². The smallest absolute Gasteiger partial charge is 0.226 e. The number of furan rings is 1. The van der Waals surface area contributed by atoms with Crippen LogP contribution in [0.3, 0.4) is 0 Å². The fourth-order valence-electron chi connectivity index (χ4n) is 3.68. The van der Waals surface area contributed by atoms with Crippen LogP contribution in [0.25, 0.3) is 0 Å². The quantitative estimate of drug-likeness (QED) is 0.859. The van der Waals surface area contributed by atoms with Gasteiger partial charge in [-0.2, -0.15) is 5.10 Å². The molecule has 1 saturated carbocycles. The number of rotatable bonds is 4. The van der Waals surface area contributed by atoms with Crippen molar-refractivity contribution >= 4 is 5.91 Å².